The number of aromatic hydroxyl groups is 1. The van der Waals surface area contributed by atoms with Gasteiger partial charge >= 0.3 is 29.6 Å². The van der Waals surface area contributed by atoms with Crippen LogP contribution in [0.25, 0.3) is 0 Å². The van der Waals surface area contributed by atoms with Crippen LogP contribution in [0.4, 0.5) is 4.79 Å². The van der Waals surface area contributed by atoms with Crippen LogP contribution in [0.5, 0.6) is 17.2 Å². The van der Waals surface area contributed by atoms with E-state index in [-0.39, 0.29) is 53.0 Å². The Kier molecular flexibility index (Phi) is 9.09. The number of nitrogens with one attached hydrogen (secondary N) is 1. The van der Waals surface area contributed by atoms with Gasteiger partial charge < -0.3 is 16.0 Å². The number of nitrogens with zero attached hydrogens (tertiary/aromatic N) is 1. The van der Waals surface area contributed by atoms with Gasteiger partial charge in [-0.2, -0.15) is 0 Å². The van der Waals surface area contributed by atoms with Gasteiger partial charge in [-0.05, 0) is 101 Å². The molecule has 9 heteroatoms. The maximum Gasteiger partial charge on any atom is 1.00 e. The molecule has 0 spiro atoms. The van der Waals surface area contributed by atoms with E-state index in [1.54, 1.807) is 0 Å². The molecule has 2 aromatic rings. The van der Waals surface area contributed by atoms with Gasteiger partial charge in [-0.1, -0.05) is 23.9 Å². The van der Waals surface area contributed by atoms with Crippen molar-refractivity contribution in [3.8, 4) is 17.2 Å². The van der Waals surface area contributed by atoms with E-state index in [0.717, 1.165) is 89.9 Å². The van der Waals surface area contributed by atoms with E-state index < -0.39 is 0 Å². The number of phenolic OH excluding ortho intramolecular Hbond substituents is 1. The molecular weight excluding hydrogens is 511 g/mol. The quantitative estimate of drug-likeness (QED) is 0.512. The fraction of sp³-hybridized carbons (Fsp3) is 0.517. The van der Waals surface area contributed by atoms with Crippen molar-refractivity contribution in [1.82, 2.24) is 10.2 Å². The molecule has 0 aromatic heterocycles. The molecule has 5 rings (SSSR count). The molecule has 0 saturated carbocycles. The SMILES string of the molecule is Cc1c(C)c2c(c(C)c1O)CCC(C)(CN1CCC[C@H]1COc1ccc(CC3SC(=O)NC3=O)cc1)O2.[H-].[Na+]. The van der Waals surface area contributed by atoms with Crippen molar-refractivity contribution in [2.24, 2.45) is 0 Å². The summed E-state index contributed by atoms with van der Waals surface area (Å²) in [5.41, 5.74) is 4.74. The minimum Gasteiger partial charge on any atom is -1.00 e. The molecule has 2 aromatic carbocycles. The molecule has 3 atom stereocenters. The van der Waals surface area contributed by atoms with Crippen molar-refractivity contribution in [2.75, 3.05) is 19.7 Å². The minimum atomic E-state index is -0.357. The first kappa shape index (κ1) is 29.3. The number of imide groups is 1. The van der Waals surface area contributed by atoms with Gasteiger partial charge in [-0.3, -0.25) is 19.8 Å². The molecule has 3 heterocycles. The summed E-state index contributed by atoms with van der Waals surface area (Å²) >= 11 is 1.05. The van der Waals surface area contributed by atoms with Crippen LogP contribution < -0.4 is 44.3 Å². The molecular formula is C29H37N2NaO5S. The number of rotatable bonds is 7. The van der Waals surface area contributed by atoms with Crippen LogP contribution in [0.15, 0.2) is 24.3 Å². The number of thioether (sulfide) groups is 1. The number of likely N-dealkylation sites (tertiary alicyclic amines) is 1. The molecule has 3 aliphatic heterocycles. The van der Waals surface area contributed by atoms with E-state index >= 15 is 0 Å². The third kappa shape index (κ3) is 6.04. The van der Waals surface area contributed by atoms with E-state index in [1.807, 2.05) is 45.0 Å². The zero-order valence-electron chi connectivity index (χ0n) is 24.1. The fourth-order valence-electron chi connectivity index (χ4n) is 5.78. The van der Waals surface area contributed by atoms with E-state index in [1.165, 1.54) is 0 Å². The summed E-state index contributed by atoms with van der Waals surface area (Å²) in [6, 6.07) is 8.15. The number of fused-ring (bicyclic) bond motifs is 1. The zero-order valence-corrected chi connectivity index (χ0v) is 25.9. The molecule has 7 nitrogen and oxygen atoms in total. The van der Waals surface area contributed by atoms with Crippen molar-refractivity contribution < 1.29 is 55.2 Å². The first-order valence-corrected chi connectivity index (χ1v) is 14.0. The van der Waals surface area contributed by atoms with Crippen molar-refractivity contribution in [2.45, 2.75) is 76.7 Å². The number of phenols is 1. The summed E-state index contributed by atoms with van der Waals surface area (Å²) in [6.45, 7) is 10.7. The second kappa shape index (κ2) is 11.8. The van der Waals surface area contributed by atoms with Crippen molar-refractivity contribution >= 4 is 22.9 Å². The second-order valence-electron chi connectivity index (χ2n) is 10.9. The van der Waals surface area contributed by atoms with Gasteiger partial charge in [0.2, 0.25) is 5.91 Å². The van der Waals surface area contributed by atoms with Crippen LogP contribution >= 0.6 is 11.8 Å². The predicted molar refractivity (Wildman–Crippen MR) is 146 cm³/mol. The number of hydrogen-bond acceptors (Lipinski definition) is 7. The van der Waals surface area contributed by atoms with Crippen LogP contribution in [0.3, 0.4) is 0 Å². The molecule has 0 radical (unpaired) electrons. The summed E-state index contributed by atoms with van der Waals surface area (Å²) in [6.07, 6.45) is 4.58. The number of benzene rings is 2. The van der Waals surface area contributed by atoms with E-state index in [4.69, 9.17) is 9.47 Å². The third-order valence-corrected chi connectivity index (χ3v) is 9.16. The van der Waals surface area contributed by atoms with Crippen LogP contribution in [-0.4, -0.2) is 57.7 Å². The molecule has 38 heavy (non-hydrogen) atoms. The topological polar surface area (TPSA) is 88.1 Å². The summed E-state index contributed by atoms with van der Waals surface area (Å²) in [7, 11) is 0. The van der Waals surface area contributed by atoms with Crippen molar-refractivity contribution in [1.29, 1.82) is 0 Å². The average molecular weight is 549 g/mol. The normalized spacial score (nSPS) is 24.9. The van der Waals surface area contributed by atoms with Gasteiger partial charge in [-0.15, -0.1) is 0 Å². The van der Waals surface area contributed by atoms with E-state index in [9.17, 15) is 14.7 Å². The van der Waals surface area contributed by atoms with Gasteiger partial charge in [0.1, 0.15) is 29.5 Å². The number of hydrogen-bond donors (Lipinski definition) is 2. The number of carbonyl (C=O) groups is 2. The Morgan fingerprint density at radius 3 is 2.61 bits per heavy atom. The smallest absolute Gasteiger partial charge is 1.00 e. The van der Waals surface area contributed by atoms with E-state index in [2.05, 4.69) is 17.1 Å². The Hall–Kier alpha value is -1.71. The molecule has 2 fully saturated rings. The molecule has 0 aliphatic carbocycles. The van der Waals surface area contributed by atoms with Gasteiger partial charge in [0.15, 0.2) is 0 Å². The van der Waals surface area contributed by atoms with Crippen LogP contribution in [0, 0.1) is 20.8 Å². The molecule has 2 N–H and O–H groups in total. The van der Waals surface area contributed by atoms with Gasteiger partial charge in [0.25, 0.3) is 5.24 Å². The second-order valence-corrected chi connectivity index (χ2v) is 12.1. The Labute approximate surface area is 252 Å². The summed E-state index contributed by atoms with van der Waals surface area (Å²) in [4.78, 5) is 25.7. The van der Waals surface area contributed by atoms with Crippen molar-refractivity contribution in [3.63, 3.8) is 0 Å². The maximum atomic E-state index is 11.8. The first-order chi connectivity index (χ1) is 17.6. The number of amides is 2. The largest absolute Gasteiger partial charge is 1.00 e. The molecule has 3 aliphatic rings. The summed E-state index contributed by atoms with van der Waals surface area (Å²) in [5, 5.41) is 12.2. The Morgan fingerprint density at radius 2 is 1.92 bits per heavy atom. The van der Waals surface area contributed by atoms with Crippen molar-refractivity contribution in [3.05, 3.63) is 52.1 Å². The Morgan fingerprint density at radius 1 is 1.18 bits per heavy atom. The molecule has 200 valence electrons. The van der Waals surface area contributed by atoms with Crippen LogP contribution in [-0.2, 0) is 17.6 Å². The first-order valence-electron chi connectivity index (χ1n) is 13.1. The monoisotopic (exact) mass is 548 g/mol. The number of ether oxygens (including phenoxy) is 2. The Balaban J connectivity index is 0.00000210. The van der Waals surface area contributed by atoms with Crippen LogP contribution in [0.2, 0.25) is 0 Å². The molecule has 0 bridgehead atoms. The molecule has 2 saturated heterocycles. The van der Waals surface area contributed by atoms with Crippen LogP contribution in [0.1, 0.15) is 55.4 Å². The summed E-state index contributed by atoms with van der Waals surface area (Å²) in [5.74, 6) is 1.94. The summed E-state index contributed by atoms with van der Waals surface area (Å²) < 4.78 is 12.9. The molecule has 2 unspecified atom stereocenters. The third-order valence-electron chi connectivity index (χ3n) is 8.18. The van der Waals surface area contributed by atoms with Gasteiger partial charge in [0.05, 0.1) is 5.25 Å². The van der Waals surface area contributed by atoms with E-state index in [0.29, 0.717) is 24.8 Å². The number of carbonyl (C=O) groups excluding carboxylic acids is 2. The average Bonchev–Trinajstić information content (AvgIpc) is 3.44. The predicted octanol–water partition coefficient (Wildman–Crippen LogP) is 1.96. The fourth-order valence-corrected chi connectivity index (χ4v) is 6.64. The zero-order chi connectivity index (χ0) is 26.3. The van der Waals surface area contributed by atoms with Gasteiger partial charge in [-0.25, -0.2) is 0 Å². The maximum absolute atomic E-state index is 11.8. The minimum absolute atomic E-state index is 0. The molecule has 2 amide bonds. The standard InChI is InChI=1S/C29H36N2O5S.Na.H/c1-17-18(2)26-23(19(3)25(17)32)11-12-29(4,36-26)16-31-13-5-6-21(31)15-35-22-9-7-20(8-10-22)14-24-27(33)30-28(34)37-24;;/h7-10,21,24,32H,5-6,11-16H2,1-4H3,(H,30,33,34);;/q;+1;-1/t21-,24?,29?;;/m0../s1. The Bertz CT molecular complexity index is 1230. The van der Waals surface area contributed by atoms with Gasteiger partial charge in [0, 0.05) is 18.2 Å².